The molecule has 2 aromatic heterocycles. The standard InChI is InChI=1S/C8H6O2S2/c1-4-3-11-5-2-6(8(9)10)12-7(4)5/h2-3H,1H3,(H,9,10). The molecule has 0 saturated carbocycles. The van der Waals surface area contributed by atoms with Gasteiger partial charge in [0.1, 0.15) is 4.88 Å². The van der Waals surface area contributed by atoms with Crippen molar-refractivity contribution in [2.75, 3.05) is 0 Å². The molecule has 0 atom stereocenters. The first-order chi connectivity index (χ1) is 5.68. The van der Waals surface area contributed by atoms with Gasteiger partial charge in [0.2, 0.25) is 0 Å². The average Bonchev–Trinajstić information content (AvgIpc) is 2.53. The summed E-state index contributed by atoms with van der Waals surface area (Å²) in [6.45, 7) is 2.00. The van der Waals surface area contributed by atoms with Gasteiger partial charge in [-0.05, 0) is 23.9 Å². The third kappa shape index (κ3) is 1.04. The van der Waals surface area contributed by atoms with Crippen LogP contribution in [0.4, 0.5) is 0 Å². The van der Waals surface area contributed by atoms with Crippen molar-refractivity contribution < 1.29 is 9.90 Å². The summed E-state index contributed by atoms with van der Waals surface area (Å²) >= 11 is 2.95. The molecule has 0 aliphatic carbocycles. The van der Waals surface area contributed by atoms with Crippen LogP contribution in [-0.2, 0) is 0 Å². The lowest BCUT2D eigenvalue weighted by atomic mass is 10.3. The van der Waals surface area contributed by atoms with E-state index in [0.717, 1.165) is 9.40 Å². The SMILES string of the molecule is Cc1csc2cc(C(=O)O)sc12. The zero-order chi connectivity index (χ0) is 8.72. The quantitative estimate of drug-likeness (QED) is 0.764. The number of carboxylic acid groups (broad SMARTS) is 1. The average molecular weight is 198 g/mol. The number of hydrogen-bond donors (Lipinski definition) is 1. The summed E-state index contributed by atoms with van der Waals surface area (Å²) in [5.74, 6) is -0.831. The summed E-state index contributed by atoms with van der Waals surface area (Å²) in [5, 5.41) is 10.8. The van der Waals surface area contributed by atoms with Crippen LogP contribution in [0.25, 0.3) is 9.40 Å². The van der Waals surface area contributed by atoms with E-state index in [9.17, 15) is 4.79 Å². The lowest BCUT2D eigenvalue weighted by Crippen LogP contribution is -1.89. The van der Waals surface area contributed by atoms with E-state index in [1.54, 1.807) is 17.4 Å². The molecule has 0 radical (unpaired) electrons. The molecule has 0 saturated heterocycles. The predicted molar refractivity (Wildman–Crippen MR) is 51.4 cm³/mol. The third-order valence-corrected chi connectivity index (χ3v) is 4.06. The topological polar surface area (TPSA) is 37.3 Å². The zero-order valence-electron chi connectivity index (χ0n) is 6.33. The van der Waals surface area contributed by atoms with Crippen LogP contribution in [0.2, 0.25) is 0 Å². The molecule has 1 N–H and O–H groups in total. The highest BCUT2D eigenvalue weighted by atomic mass is 32.1. The number of rotatable bonds is 1. The van der Waals surface area contributed by atoms with Crippen molar-refractivity contribution in [2.45, 2.75) is 6.92 Å². The fourth-order valence-corrected chi connectivity index (χ4v) is 3.20. The van der Waals surface area contributed by atoms with Crippen molar-refractivity contribution in [3.8, 4) is 0 Å². The lowest BCUT2D eigenvalue weighted by Gasteiger charge is -1.82. The maximum atomic E-state index is 10.6. The van der Waals surface area contributed by atoms with E-state index < -0.39 is 5.97 Å². The van der Waals surface area contributed by atoms with Gasteiger partial charge in [-0.15, -0.1) is 22.7 Å². The van der Waals surface area contributed by atoms with Crippen LogP contribution in [0.1, 0.15) is 15.2 Å². The molecule has 12 heavy (non-hydrogen) atoms. The first-order valence-corrected chi connectivity index (χ1v) is 5.09. The molecular formula is C8H6O2S2. The van der Waals surface area contributed by atoms with E-state index in [1.165, 1.54) is 16.9 Å². The Balaban J connectivity index is 2.70. The highest BCUT2D eigenvalue weighted by Crippen LogP contribution is 2.33. The molecule has 2 rings (SSSR count). The Morgan fingerprint density at radius 2 is 2.33 bits per heavy atom. The summed E-state index contributed by atoms with van der Waals surface area (Å²) in [7, 11) is 0. The summed E-state index contributed by atoms with van der Waals surface area (Å²) in [6.07, 6.45) is 0. The molecule has 2 aromatic rings. The van der Waals surface area contributed by atoms with Gasteiger partial charge in [0.25, 0.3) is 0 Å². The molecule has 2 heterocycles. The van der Waals surface area contributed by atoms with E-state index in [4.69, 9.17) is 5.11 Å². The largest absolute Gasteiger partial charge is 0.477 e. The predicted octanol–water partition coefficient (Wildman–Crippen LogP) is 2.97. The minimum Gasteiger partial charge on any atom is -0.477 e. The van der Waals surface area contributed by atoms with Gasteiger partial charge in [-0.2, -0.15) is 0 Å². The molecule has 0 fully saturated rings. The Hall–Kier alpha value is -0.870. The number of carboxylic acids is 1. The Kier molecular flexibility index (Phi) is 1.66. The second-order valence-electron chi connectivity index (χ2n) is 2.53. The van der Waals surface area contributed by atoms with Gasteiger partial charge in [-0.3, -0.25) is 0 Å². The first kappa shape index (κ1) is 7.76. The van der Waals surface area contributed by atoms with Crippen LogP contribution in [0.5, 0.6) is 0 Å². The van der Waals surface area contributed by atoms with E-state index in [2.05, 4.69) is 0 Å². The van der Waals surface area contributed by atoms with Gasteiger partial charge in [0.15, 0.2) is 0 Å². The van der Waals surface area contributed by atoms with Gasteiger partial charge in [-0.25, -0.2) is 4.79 Å². The summed E-state index contributed by atoms with van der Waals surface area (Å²) in [4.78, 5) is 11.0. The molecule has 0 amide bonds. The van der Waals surface area contributed by atoms with Crippen molar-refractivity contribution in [2.24, 2.45) is 0 Å². The highest BCUT2D eigenvalue weighted by Gasteiger charge is 2.10. The van der Waals surface area contributed by atoms with Crippen molar-refractivity contribution in [3.05, 3.63) is 21.9 Å². The van der Waals surface area contributed by atoms with Crippen molar-refractivity contribution in [3.63, 3.8) is 0 Å². The number of aryl methyl sites for hydroxylation is 1. The Morgan fingerprint density at radius 1 is 1.58 bits per heavy atom. The van der Waals surface area contributed by atoms with Gasteiger partial charge in [0, 0.05) is 9.40 Å². The summed E-state index contributed by atoms with van der Waals surface area (Å²) in [5.41, 5.74) is 1.17. The van der Waals surface area contributed by atoms with Gasteiger partial charge >= 0.3 is 5.97 Å². The fraction of sp³-hybridized carbons (Fsp3) is 0.125. The maximum absolute atomic E-state index is 10.6. The molecule has 0 spiro atoms. The third-order valence-electron chi connectivity index (χ3n) is 1.63. The van der Waals surface area contributed by atoms with Crippen LogP contribution in [0.15, 0.2) is 11.4 Å². The van der Waals surface area contributed by atoms with Crippen LogP contribution in [-0.4, -0.2) is 11.1 Å². The molecule has 2 nitrogen and oxygen atoms in total. The van der Waals surface area contributed by atoms with Crippen LogP contribution < -0.4 is 0 Å². The first-order valence-electron chi connectivity index (χ1n) is 3.39. The van der Waals surface area contributed by atoms with Crippen molar-refractivity contribution in [1.29, 1.82) is 0 Å². The second kappa shape index (κ2) is 2.57. The molecular weight excluding hydrogens is 192 g/mol. The van der Waals surface area contributed by atoms with Gasteiger partial charge < -0.3 is 5.11 Å². The number of thiophene rings is 2. The minimum absolute atomic E-state index is 0.431. The summed E-state index contributed by atoms with van der Waals surface area (Å²) in [6, 6.07) is 1.74. The van der Waals surface area contributed by atoms with E-state index in [0.29, 0.717) is 4.88 Å². The van der Waals surface area contributed by atoms with Gasteiger partial charge in [0.05, 0.1) is 0 Å². The fourth-order valence-electron chi connectivity index (χ4n) is 1.05. The molecule has 0 unspecified atom stereocenters. The molecule has 4 heteroatoms. The molecule has 0 aliphatic heterocycles. The maximum Gasteiger partial charge on any atom is 0.345 e. The van der Waals surface area contributed by atoms with Crippen LogP contribution in [0, 0.1) is 6.92 Å². The van der Waals surface area contributed by atoms with Crippen molar-refractivity contribution in [1.82, 2.24) is 0 Å². The van der Waals surface area contributed by atoms with E-state index >= 15 is 0 Å². The highest BCUT2D eigenvalue weighted by molar-refractivity contribution is 7.28. The number of hydrogen-bond acceptors (Lipinski definition) is 3. The Labute approximate surface area is 77.1 Å². The van der Waals surface area contributed by atoms with E-state index in [1.807, 2.05) is 12.3 Å². The number of fused-ring (bicyclic) bond motifs is 1. The second-order valence-corrected chi connectivity index (χ2v) is 4.49. The van der Waals surface area contributed by atoms with Crippen LogP contribution in [0.3, 0.4) is 0 Å². The molecule has 62 valence electrons. The minimum atomic E-state index is -0.831. The molecule has 0 aliphatic rings. The zero-order valence-corrected chi connectivity index (χ0v) is 7.96. The smallest absolute Gasteiger partial charge is 0.345 e. The Bertz CT molecular complexity index is 439. The normalized spacial score (nSPS) is 10.8. The van der Waals surface area contributed by atoms with Crippen molar-refractivity contribution >= 4 is 38.0 Å². The Morgan fingerprint density at radius 3 is 2.92 bits per heavy atom. The van der Waals surface area contributed by atoms with Crippen LogP contribution >= 0.6 is 22.7 Å². The van der Waals surface area contributed by atoms with Gasteiger partial charge in [-0.1, -0.05) is 0 Å². The number of aromatic carboxylic acids is 1. The molecule has 0 aromatic carbocycles. The molecule has 0 bridgehead atoms. The monoisotopic (exact) mass is 198 g/mol. The summed E-state index contributed by atoms with van der Waals surface area (Å²) < 4.78 is 2.19. The van der Waals surface area contributed by atoms with E-state index in [-0.39, 0.29) is 0 Å². The number of carbonyl (C=O) groups is 1. The lowest BCUT2D eigenvalue weighted by molar-refractivity contribution is 0.0702.